The fraction of sp³-hybridized carbons (Fsp3) is 0.526. The lowest BCUT2D eigenvalue weighted by Gasteiger charge is -2.35. The highest BCUT2D eigenvalue weighted by molar-refractivity contribution is 7.99. The summed E-state index contributed by atoms with van der Waals surface area (Å²) >= 11 is 1.31. The van der Waals surface area contributed by atoms with Gasteiger partial charge in [-0.15, -0.1) is 10.2 Å². The minimum absolute atomic E-state index is 0.155. The summed E-state index contributed by atoms with van der Waals surface area (Å²) in [4.78, 5) is 14.5. The van der Waals surface area contributed by atoms with E-state index in [2.05, 4.69) is 17.1 Å². The number of carbonyl (C=O) groups excluding carboxylic acids is 1. The lowest BCUT2D eigenvalue weighted by molar-refractivity contribution is -0.132. The van der Waals surface area contributed by atoms with Gasteiger partial charge in [0.2, 0.25) is 11.8 Å². The summed E-state index contributed by atoms with van der Waals surface area (Å²) in [5.74, 6) is 1.75. The molecule has 2 aromatic rings. The number of benzene rings is 1. The quantitative estimate of drug-likeness (QED) is 0.681. The van der Waals surface area contributed by atoms with Crippen LogP contribution in [0.25, 0.3) is 11.5 Å². The zero-order chi connectivity index (χ0) is 18.4. The van der Waals surface area contributed by atoms with Gasteiger partial charge in [-0.05, 0) is 56.9 Å². The molecule has 1 saturated heterocycles. The average molecular weight is 375 g/mol. The third-order valence-electron chi connectivity index (χ3n) is 4.56. The number of likely N-dealkylation sites (tertiary alicyclic amines) is 1. The maximum absolute atomic E-state index is 12.5. The molecule has 0 N–H and O–H groups in total. The van der Waals surface area contributed by atoms with Gasteiger partial charge in [0.25, 0.3) is 5.22 Å². The van der Waals surface area contributed by atoms with E-state index in [0.29, 0.717) is 29.5 Å². The Kier molecular flexibility index (Phi) is 6.55. The zero-order valence-electron chi connectivity index (χ0n) is 15.3. The summed E-state index contributed by atoms with van der Waals surface area (Å²) in [6.45, 7) is 5.58. The molecule has 1 atom stereocenters. The number of piperidine rings is 1. The molecule has 0 radical (unpaired) electrons. The number of thioether (sulfide) groups is 1. The lowest BCUT2D eigenvalue weighted by atomic mass is 10.0. The van der Waals surface area contributed by atoms with Crippen molar-refractivity contribution in [1.29, 1.82) is 0 Å². The van der Waals surface area contributed by atoms with Gasteiger partial charge >= 0.3 is 0 Å². The van der Waals surface area contributed by atoms with Gasteiger partial charge in [-0.2, -0.15) is 0 Å². The molecule has 7 heteroatoms. The summed E-state index contributed by atoms with van der Waals surface area (Å²) in [6.07, 6.45) is 4.42. The first-order valence-electron chi connectivity index (χ1n) is 9.20. The monoisotopic (exact) mass is 375 g/mol. The van der Waals surface area contributed by atoms with E-state index in [4.69, 9.17) is 9.15 Å². The van der Waals surface area contributed by atoms with Crippen LogP contribution in [-0.4, -0.2) is 46.0 Å². The van der Waals surface area contributed by atoms with E-state index in [1.54, 1.807) is 0 Å². The first kappa shape index (κ1) is 18.8. The Hall–Kier alpha value is -2.02. The van der Waals surface area contributed by atoms with Crippen molar-refractivity contribution in [2.75, 3.05) is 18.9 Å². The summed E-state index contributed by atoms with van der Waals surface area (Å²) in [5.41, 5.74) is 0.834. The molecule has 2 heterocycles. The van der Waals surface area contributed by atoms with Crippen LogP contribution in [0.15, 0.2) is 33.9 Å². The first-order chi connectivity index (χ1) is 12.7. The van der Waals surface area contributed by atoms with Crippen LogP contribution in [-0.2, 0) is 4.79 Å². The number of hydrogen-bond donors (Lipinski definition) is 0. The van der Waals surface area contributed by atoms with Crippen molar-refractivity contribution in [3.63, 3.8) is 0 Å². The van der Waals surface area contributed by atoms with Crippen molar-refractivity contribution in [2.45, 2.75) is 50.8 Å². The SMILES string of the molecule is CCOc1ccc(-c2nnc(SCC(=O)N3CCCC[C@H]3CC)o2)cc1. The van der Waals surface area contributed by atoms with Crippen molar-refractivity contribution in [3.05, 3.63) is 24.3 Å². The van der Waals surface area contributed by atoms with Crippen molar-refractivity contribution < 1.29 is 13.9 Å². The van der Waals surface area contributed by atoms with Crippen LogP contribution < -0.4 is 4.74 Å². The molecule has 0 aliphatic carbocycles. The molecule has 3 rings (SSSR count). The van der Waals surface area contributed by atoms with E-state index in [9.17, 15) is 4.79 Å². The largest absolute Gasteiger partial charge is 0.494 e. The molecule has 140 valence electrons. The van der Waals surface area contributed by atoms with Crippen LogP contribution in [0.1, 0.15) is 39.5 Å². The molecule has 1 amide bonds. The van der Waals surface area contributed by atoms with E-state index in [1.807, 2.05) is 36.1 Å². The Morgan fingerprint density at radius 3 is 2.81 bits per heavy atom. The van der Waals surface area contributed by atoms with Crippen molar-refractivity contribution in [3.8, 4) is 17.2 Å². The number of nitrogens with zero attached hydrogens (tertiary/aromatic N) is 3. The number of amides is 1. The van der Waals surface area contributed by atoms with E-state index < -0.39 is 0 Å². The smallest absolute Gasteiger partial charge is 0.277 e. The summed E-state index contributed by atoms with van der Waals surface area (Å²) in [5, 5.41) is 8.56. The van der Waals surface area contributed by atoms with Crippen molar-refractivity contribution in [2.24, 2.45) is 0 Å². The molecule has 0 bridgehead atoms. The molecule has 0 unspecified atom stereocenters. The number of carbonyl (C=O) groups is 1. The minimum atomic E-state index is 0.155. The predicted molar refractivity (Wildman–Crippen MR) is 101 cm³/mol. The van der Waals surface area contributed by atoms with Crippen LogP contribution >= 0.6 is 11.8 Å². The van der Waals surface area contributed by atoms with Crippen LogP contribution in [0.4, 0.5) is 0 Å². The van der Waals surface area contributed by atoms with Gasteiger partial charge in [-0.1, -0.05) is 18.7 Å². The van der Waals surface area contributed by atoms with Gasteiger partial charge in [-0.25, -0.2) is 0 Å². The second-order valence-corrected chi connectivity index (χ2v) is 7.19. The normalized spacial score (nSPS) is 17.3. The Morgan fingerprint density at radius 1 is 1.27 bits per heavy atom. The molecule has 1 aliphatic heterocycles. The Bertz CT molecular complexity index is 717. The molecular formula is C19H25N3O3S. The third kappa shape index (κ3) is 4.58. The highest BCUT2D eigenvalue weighted by Gasteiger charge is 2.25. The number of ether oxygens (including phenoxy) is 1. The maximum atomic E-state index is 12.5. The Labute approximate surface area is 158 Å². The molecule has 6 nitrogen and oxygen atoms in total. The van der Waals surface area contributed by atoms with E-state index in [0.717, 1.165) is 37.1 Å². The fourth-order valence-corrected chi connectivity index (χ4v) is 3.85. The van der Waals surface area contributed by atoms with Gasteiger partial charge in [0.05, 0.1) is 12.4 Å². The number of aromatic nitrogens is 2. The zero-order valence-corrected chi connectivity index (χ0v) is 16.1. The van der Waals surface area contributed by atoms with E-state index >= 15 is 0 Å². The van der Waals surface area contributed by atoms with Crippen molar-refractivity contribution >= 4 is 17.7 Å². The first-order valence-corrected chi connectivity index (χ1v) is 10.2. The average Bonchev–Trinajstić information content (AvgIpc) is 3.16. The molecule has 0 spiro atoms. The molecule has 1 aromatic carbocycles. The number of rotatable bonds is 7. The minimum Gasteiger partial charge on any atom is -0.494 e. The summed E-state index contributed by atoms with van der Waals surface area (Å²) < 4.78 is 11.1. The lowest BCUT2D eigenvalue weighted by Crippen LogP contribution is -2.44. The van der Waals surface area contributed by atoms with Crippen LogP contribution in [0, 0.1) is 0 Å². The van der Waals surface area contributed by atoms with Crippen LogP contribution in [0.3, 0.4) is 0 Å². The van der Waals surface area contributed by atoms with Crippen LogP contribution in [0.2, 0.25) is 0 Å². The Balaban J connectivity index is 1.57. The highest BCUT2D eigenvalue weighted by atomic mass is 32.2. The van der Waals surface area contributed by atoms with E-state index in [-0.39, 0.29) is 5.91 Å². The molecule has 1 aromatic heterocycles. The van der Waals surface area contributed by atoms with Gasteiger partial charge in [-0.3, -0.25) is 4.79 Å². The molecule has 1 aliphatic rings. The Morgan fingerprint density at radius 2 is 2.08 bits per heavy atom. The standard InChI is InChI=1S/C19H25N3O3S/c1-3-15-7-5-6-12-22(15)17(23)13-26-19-21-20-18(25-19)14-8-10-16(11-9-14)24-4-2/h8-11,15H,3-7,12-13H2,1-2H3/t15-/m1/s1. The van der Waals surface area contributed by atoms with Gasteiger partial charge in [0, 0.05) is 18.2 Å². The molecular weight excluding hydrogens is 350 g/mol. The van der Waals surface area contributed by atoms with Crippen molar-refractivity contribution in [1.82, 2.24) is 15.1 Å². The summed E-state index contributed by atoms with van der Waals surface area (Å²) in [6, 6.07) is 7.90. The summed E-state index contributed by atoms with van der Waals surface area (Å²) in [7, 11) is 0. The topological polar surface area (TPSA) is 68.5 Å². The van der Waals surface area contributed by atoms with Gasteiger partial charge < -0.3 is 14.1 Å². The second-order valence-electron chi connectivity index (χ2n) is 6.26. The van der Waals surface area contributed by atoms with Gasteiger partial charge in [0.1, 0.15) is 5.75 Å². The molecule has 1 fully saturated rings. The fourth-order valence-electron chi connectivity index (χ4n) is 3.20. The number of hydrogen-bond acceptors (Lipinski definition) is 6. The maximum Gasteiger partial charge on any atom is 0.277 e. The molecule has 26 heavy (non-hydrogen) atoms. The third-order valence-corrected chi connectivity index (χ3v) is 5.36. The predicted octanol–water partition coefficient (Wildman–Crippen LogP) is 4.02. The van der Waals surface area contributed by atoms with E-state index in [1.165, 1.54) is 18.2 Å². The highest BCUT2D eigenvalue weighted by Crippen LogP contribution is 2.26. The van der Waals surface area contributed by atoms with Crippen LogP contribution in [0.5, 0.6) is 5.75 Å². The van der Waals surface area contributed by atoms with Gasteiger partial charge in [0.15, 0.2) is 0 Å². The second kappa shape index (κ2) is 9.07. The molecule has 0 saturated carbocycles.